The van der Waals surface area contributed by atoms with Crippen LogP contribution in [0.5, 0.6) is 0 Å². The lowest BCUT2D eigenvalue weighted by molar-refractivity contribution is -0.120. The third-order valence-electron chi connectivity index (χ3n) is 2.02. The molecule has 1 aromatic carbocycles. The minimum atomic E-state index is -0.147. The Balaban J connectivity index is 2.49. The van der Waals surface area contributed by atoms with E-state index in [-0.39, 0.29) is 12.5 Å². The molecule has 0 aliphatic heterocycles. The predicted molar refractivity (Wildman–Crippen MR) is 65.7 cm³/mol. The Labute approximate surface area is 101 Å². The van der Waals surface area contributed by atoms with Crippen molar-refractivity contribution in [2.45, 2.75) is 19.2 Å². The second-order valence-corrected chi connectivity index (χ2v) is 3.66. The van der Waals surface area contributed by atoms with Gasteiger partial charge in [0.25, 0.3) is 0 Å². The molecule has 0 unspecified atom stereocenters. The summed E-state index contributed by atoms with van der Waals surface area (Å²) in [6.45, 7) is 2.69. The lowest BCUT2D eigenvalue weighted by Gasteiger charge is -2.09. The van der Waals surface area contributed by atoms with Gasteiger partial charge in [-0.25, -0.2) is 0 Å². The molecule has 0 fully saturated rings. The Bertz CT molecular complexity index is 342. The molecule has 0 spiro atoms. The first-order valence-corrected chi connectivity index (χ1v) is 5.82. The molecule has 1 aromatic rings. The van der Waals surface area contributed by atoms with Crippen LogP contribution in [0.1, 0.15) is 18.9 Å². The van der Waals surface area contributed by atoms with Crippen LogP contribution in [0.15, 0.2) is 24.3 Å². The highest BCUT2D eigenvalue weighted by molar-refractivity contribution is 6.17. The summed E-state index contributed by atoms with van der Waals surface area (Å²) < 4.78 is 5.15. The first kappa shape index (κ1) is 13.0. The van der Waals surface area contributed by atoms with E-state index in [1.54, 1.807) is 0 Å². The standard InChI is InChI=1S/C12H16ClNO2/c1-2-7-16-9-12(15)14-11-6-4-3-5-10(11)8-13/h3-6H,2,7-9H2,1H3,(H,14,15). The van der Waals surface area contributed by atoms with E-state index in [0.717, 1.165) is 17.7 Å². The highest BCUT2D eigenvalue weighted by atomic mass is 35.5. The molecule has 0 saturated carbocycles. The van der Waals surface area contributed by atoms with Crippen LogP contribution >= 0.6 is 11.6 Å². The van der Waals surface area contributed by atoms with Gasteiger partial charge in [-0.3, -0.25) is 4.79 Å². The molecular weight excluding hydrogens is 226 g/mol. The molecule has 0 aliphatic carbocycles. The Morgan fingerprint density at radius 1 is 1.44 bits per heavy atom. The van der Waals surface area contributed by atoms with Crippen molar-refractivity contribution in [1.29, 1.82) is 0 Å². The molecule has 0 radical (unpaired) electrons. The molecule has 0 aliphatic rings. The SMILES string of the molecule is CCCOCC(=O)Nc1ccccc1CCl. The molecule has 0 bridgehead atoms. The summed E-state index contributed by atoms with van der Waals surface area (Å²) in [7, 11) is 0. The van der Waals surface area contributed by atoms with E-state index in [2.05, 4.69) is 5.32 Å². The van der Waals surface area contributed by atoms with Gasteiger partial charge in [0.1, 0.15) is 6.61 Å². The normalized spacial score (nSPS) is 10.1. The lowest BCUT2D eigenvalue weighted by atomic mass is 10.2. The maximum Gasteiger partial charge on any atom is 0.250 e. The molecule has 88 valence electrons. The number of rotatable bonds is 6. The molecular formula is C12H16ClNO2. The van der Waals surface area contributed by atoms with E-state index < -0.39 is 0 Å². The lowest BCUT2D eigenvalue weighted by Crippen LogP contribution is -2.19. The van der Waals surface area contributed by atoms with Crippen molar-refractivity contribution in [2.75, 3.05) is 18.5 Å². The molecule has 0 atom stereocenters. The molecule has 0 aromatic heterocycles. The Kier molecular flexibility index (Phi) is 5.90. The number of carbonyl (C=O) groups excluding carboxylic acids is 1. The van der Waals surface area contributed by atoms with Crippen LogP contribution in [0.2, 0.25) is 0 Å². The third kappa shape index (κ3) is 4.21. The quantitative estimate of drug-likeness (QED) is 0.614. The highest BCUT2D eigenvalue weighted by Gasteiger charge is 2.05. The monoisotopic (exact) mass is 241 g/mol. The number of nitrogens with one attached hydrogen (secondary N) is 1. The van der Waals surface area contributed by atoms with Crippen LogP contribution in [0.3, 0.4) is 0 Å². The summed E-state index contributed by atoms with van der Waals surface area (Å²) in [5.74, 6) is 0.234. The van der Waals surface area contributed by atoms with E-state index in [4.69, 9.17) is 16.3 Å². The Morgan fingerprint density at radius 3 is 2.88 bits per heavy atom. The number of hydrogen-bond donors (Lipinski definition) is 1. The van der Waals surface area contributed by atoms with Crippen LogP contribution in [0, 0.1) is 0 Å². The summed E-state index contributed by atoms with van der Waals surface area (Å²) in [5, 5.41) is 2.77. The highest BCUT2D eigenvalue weighted by Crippen LogP contribution is 2.16. The van der Waals surface area contributed by atoms with Crippen molar-refractivity contribution in [2.24, 2.45) is 0 Å². The van der Waals surface area contributed by atoms with Gasteiger partial charge in [-0.1, -0.05) is 25.1 Å². The Morgan fingerprint density at radius 2 is 2.19 bits per heavy atom. The van der Waals surface area contributed by atoms with Gasteiger partial charge < -0.3 is 10.1 Å². The summed E-state index contributed by atoms with van der Waals surface area (Å²) in [6, 6.07) is 7.46. The van der Waals surface area contributed by atoms with Crippen molar-refractivity contribution in [3.8, 4) is 0 Å². The van der Waals surface area contributed by atoms with Crippen molar-refractivity contribution in [1.82, 2.24) is 0 Å². The van der Waals surface area contributed by atoms with Crippen LogP contribution in [0.4, 0.5) is 5.69 Å². The average molecular weight is 242 g/mol. The molecule has 0 heterocycles. The summed E-state index contributed by atoms with van der Waals surface area (Å²) in [6.07, 6.45) is 0.908. The minimum Gasteiger partial charge on any atom is -0.372 e. The summed E-state index contributed by atoms with van der Waals surface area (Å²) >= 11 is 5.76. The fraction of sp³-hybridized carbons (Fsp3) is 0.417. The summed E-state index contributed by atoms with van der Waals surface area (Å²) in [4.78, 5) is 11.5. The van der Waals surface area contributed by atoms with E-state index >= 15 is 0 Å². The van der Waals surface area contributed by atoms with Gasteiger partial charge in [0.15, 0.2) is 0 Å². The number of para-hydroxylation sites is 1. The largest absolute Gasteiger partial charge is 0.372 e. The number of benzene rings is 1. The van der Waals surface area contributed by atoms with E-state index in [0.29, 0.717) is 12.5 Å². The van der Waals surface area contributed by atoms with Crippen LogP contribution in [0.25, 0.3) is 0 Å². The molecule has 3 nitrogen and oxygen atoms in total. The van der Waals surface area contributed by atoms with Gasteiger partial charge in [-0.2, -0.15) is 0 Å². The van der Waals surface area contributed by atoms with Gasteiger partial charge in [0.05, 0.1) is 0 Å². The molecule has 0 saturated heterocycles. The van der Waals surface area contributed by atoms with Gasteiger partial charge in [-0.15, -0.1) is 11.6 Å². The maximum atomic E-state index is 11.5. The predicted octanol–water partition coefficient (Wildman–Crippen LogP) is 2.79. The van der Waals surface area contributed by atoms with Gasteiger partial charge in [0, 0.05) is 18.2 Å². The van der Waals surface area contributed by atoms with E-state index in [9.17, 15) is 4.79 Å². The van der Waals surface area contributed by atoms with Gasteiger partial charge in [0.2, 0.25) is 5.91 Å². The second kappa shape index (κ2) is 7.25. The fourth-order valence-corrected chi connectivity index (χ4v) is 1.49. The number of anilines is 1. The molecule has 1 rings (SSSR count). The zero-order valence-electron chi connectivity index (χ0n) is 9.33. The third-order valence-corrected chi connectivity index (χ3v) is 2.30. The van der Waals surface area contributed by atoms with Crippen molar-refractivity contribution < 1.29 is 9.53 Å². The number of hydrogen-bond acceptors (Lipinski definition) is 2. The topological polar surface area (TPSA) is 38.3 Å². The van der Waals surface area contributed by atoms with Crippen LogP contribution in [-0.4, -0.2) is 19.1 Å². The first-order valence-electron chi connectivity index (χ1n) is 5.29. The maximum absolute atomic E-state index is 11.5. The van der Waals surface area contributed by atoms with E-state index in [1.807, 2.05) is 31.2 Å². The summed E-state index contributed by atoms with van der Waals surface area (Å²) in [5.41, 5.74) is 1.66. The Hall–Kier alpha value is -1.06. The van der Waals surface area contributed by atoms with Crippen LogP contribution in [-0.2, 0) is 15.4 Å². The minimum absolute atomic E-state index is 0.0878. The van der Waals surface area contributed by atoms with Crippen LogP contribution < -0.4 is 5.32 Å². The first-order chi connectivity index (χ1) is 7.77. The zero-order chi connectivity index (χ0) is 11.8. The van der Waals surface area contributed by atoms with Crippen molar-refractivity contribution in [3.63, 3.8) is 0 Å². The number of carbonyl (C=O) groups is 1. The molecule has 16 heavy (non-hydrogen) atoms. The number of alkyl halides is 1. The van der Waals surface area contributed by atoms with E-state index in [1.165, 1.54) is 0 Å². The smallest absolute Gasteiger partial charge is 0.250 e. The fourth-order valence-electron chi connectivity index (χ4n) is 1.25. The van der Waals surface area contributed by atoms with Gasteiger partial charge in [-0.05, 0) is 18.1 Å². The van der Waals surface area contributed by atoms with Crippen molar-refractivity contribution in [3.05, 3.63) is 29.8 Å². The molecule has 4 heteroatoms. The molecule has 1 amide bonds. The molecule has 1 N–H and O–H groups in total. The number of ether oxygens (including phenoxy) is 1. The second-order valence-electron chi connectivity index (χ2n) is 3.39. The zero-order valence-corrected chi connectivity index (χ0v) is 10.1. The average Bonchev–Trinajstić information content (AvgIpc) is 2.30. The number of halogens is 1. The van der Waals surface area contributed by atoms with Crippen molar-refractivity contribution >= 4 is 23.2 Å². The number of amides is 1. The van der Waals surface area contributed by atoms with Gasteiger partial charge >= 0.3 is 0 Å².